The van der Waals surface area contributed by atoms with Crippen LogP contribution in [0.3, 0.4) is 0 Å². The van der Waals surface area contributed by atoms with Gasteiger partial charge in [-0.3, -0.25) is 4.79 Å². The second kappa shape index (κ2) is 11.5. The minimum Gasteiger partial charge on any atom is -0.338 e. The molecule has 35 heavy (non-hydrogen) atoms. The van der Waals surface area contributed by atoms with E-state index in [1.54, 1.807) is 0 Å². The number of nitrogens with one attached hydrogen (secondary N) is 1. The van der Waals surface area contributed by atoms with Gasteiger partial charge in [0.15, 0.2) is 8.07 Å². The summed E-state index contributed by atoms with van der Waals surface area (Å²) in [5, 5.41) is 4.43. The van der Waals surface area contributed by atoms with Crippen molar-refractivity contribution in [2.24, 2.45) is 0 Å². The van der Waals surface area contributed by atoms with Gasteiger partial charge in [-0.2, -0.15) is 0 Å². The molecule has 0 aliphatic carbocycles. The van der Waals surface area contributed by atoms with Crippen LogP contribution in [0, 0.1) is 18.4 Å². The van der Waals surface area contributed by atoms with Crippen LogP contribution in [0.5, 0.6) is 0 Å². The third-order valence-electron chi connectivity index (χ3n) is 6.33. The van der Waals surface area contributed by atoms with Crippen molar-refractivity contribution in [1.29, 1.82) is 0 Å². The van der Waals surface area contributed by atoms with Crippen LogP contribution in [0.4, 0.5) is 0 Å². The molecule has 0 aliphatic heterocycles. The van der Waals surface area contributed by atoms with E-state index in [9.17, 15) is 4.79 Å². The van der Waals surface area contributed by atoms with E-state index in [0.717, 1.165) is 18.0 Å². The molecule has 3 heteroatoms. The van der Waals surface area contributed by atoms with Gasteiger partial charge in [-0.15, -0.1) is 5.54 Å². The van der Waals surface area contributed by atoms with E-state index >= 15 is 0 Å². The first-order chi connectivity index (χ1) is 17.0. The van der Waals surface area contributed by atoms with Gasteiger partial charge >= 0.3 is 0 Å². The number of hydrogen-bond donors (Lipinski definition) is 1. The molecule has 4 rings (SSSR count). The molecule has 0 heterocycles. The Bertz CT molecular complexity index is 1290. The Morgan fingerprint density at radius 1 is 0.771 bits per heavy atom. The van der Waals surface area contributed by atoms with Gasteiger partial charge < -0.3 is 5.32 Å². The molecule has 174 valence electrons. The quantitative estimate of drug-likeness (QED) is 0.271. The predicted octanol–water partition coefficient (Wildman–Crippen LogP) is 5.71. The first-order valence-corrected chi connectivity index (χ1v) is 14.8. The van der Waals surface area contributed by atoms with Crippen molar-refractivity contribution in [2.75, 3.05) is 0 Å². The molecule has 2 unspecified atom stereocenters. The van der Waals surface area contributed by atoms with Crippen molar-refractivity contribution in [3.8, 4) is 11.5 Å². The summed E-state index contributed by atoms with van der Waals surface area (Å²) >= 11 is 0. The van der Waals surface area contributed by atoms with E-state index in [1.807, 2.05) is 30.3 Å². The molecule has 2 nitrogen and oxygen atoms in total. The van der Waals surface area contributed by atoms with Gasteiger partial charge in [0.1, 0.15) is 0 Å². The summed E-state index contributed by atoms with van der Waals surface area (Å²) < 4.78 is 0. The van der Waals surface area contributed by atoms with Crippen molar-refractivity contribution < 1.29 is 4.79 Å². The molecule has 4 aromatic carbocycles. The molecule has 0 fully saturated rings. The van der Waals surface area contributed by atoms with Gasteiger partial charge in [-0.05, 0) is 47.2 Å². The molecular formula is C32H31NOSi. The Morgan fingerprint density at radius 2 is 1.34 bits per heavy atom. The SMILES string of the molecule is Cc1ccc(CC(NC(=O)C#C[Si](C)(Cc2ccccc2)c2ccccc2)c2ccccc2)cc1. The summed E-state index contributed by atoms with van der Waals surface area (Å²) in [5.41, 5.74) is 8.21. The fourth-order valence-electron chi connectivity index (χ4n) is 4.32. The van der Waals surface area contributed by atoms with Crippen LogP contribution in [0.15, 0.2) is 115 Å². The fourth-order valence-corrected chi connectivity index (χ4v) is 7.12. The van der Waals surface area contributed by atoms with Crippen LogP contribution in [-0.2, 0) is 17.3 Å². The van der Waals surface area contributed by atoms with E-state index in [2.05, 4.69) is 115 Å². The molecule has 1 amide bonds. The maximum atomic E-state index is 13.1. The standard InChI is InChI=1S/C32H31NOSi/c1-26-18-20-27(21-19-26)24-31(29-14-8-4-9-15-29)33-32(34)22-23-35(2,30-16-10-5-11-17-30)25-28-12-6-3-7-13-28/h3-21,31H,24-25H2,1-2H3,(H,33,34). The molecule has 0 aliphatic rings. The third-order valence-corrected chi connectivity index (χ3v) is 9.73. The molecule has 1 N–H and O–H groups in total. The molecule has 0 radical (unpaired) electrons. The summed E-state index contributed by atoms with van der Waals surface area (Å²) in [5.74, 6) is 2.77. The Morgan fingerprint density at radius 3 is 1.97 bits per heavy atom. The highest BCUT2D eigenvalue weighted by Gasteiger charge is 2.28. The molecule has 0 saturated heterocycles. The van der Waals surface area contributed by atoms with Crippen molar-refractivity contribution >= 4 is 19.2 Å². The third kappa shape index (κ3) is 6.82. The minimum absolute atomic E-state index is 0.139. The van der Waals surface area contributed by atoms with Crippen LogP contribution in [0.2, 0.25) is 6.55 Å². The van der Waals surface area contributed by atoms with Crippen LogP contribution in [0.25, 0.3) is 0 Å². The lowest BCUT2D eigenvalue weighted by molar-refractivity contribution is -0.116. The highest BCUT2D eigenvalue weighted by molar-refractivity contribution is 6.97. The van der Waals surface area contributed by atoms with Gasteiger partial charge in [0, 0.05) is 0 Å². The Hall–Kier alpha value is -3.87. The number of hydrogen-bond acceptors (Lipinski definition) is 1. The second-order valence-electron chi connectivity index (χ2n) is 9.24. The smallest absolute Gasteiger partial charge is 0.295 e. The molecule has 2 atom stereocenters. The Kier molecular flexibility index (Phi) is 7.98. The lowest BCUT2D eigenvalue weighted by atomic mass is 9.98. The Labute approximate surface area is 210 Å². The largest absolute Gasteiger partial charge is 0.338 e. The van der Waals surface area contributed by atoms with E-state index in [-0.39, 0.29) is 11.9 Å². The van der Waals surface area contributed by atoms with Crippen LogP contribution < -0.4 is 10.5 Å². The zero-order valence-corrected chi connectivity index (χ0v) is 21.4. The highest BCUT2D eigenvalue weighted by atomic mass is 28.3. The normalized spacial score (nSPS) is 13.1. The summed E-state index contributed by atoms with van der Waals surface area (Å²) in [7, 11) is -2.26. The molecule has 4 aromatic rings. The zero-order valence-electron chi connectivity index (χ0n) is 20.4. The molecular weight excluding hydrogens is 442 g/mol. The van der Waals surface area contributed by atoms with E-state index in [4.69, 9.17) is 0 Å². The zero-order chi connectivity index (χ0) is 24.5. The molecule has 0 aromatic heterocycles. The first kappa shape index (κ1) is 24.3. The fraction of sp³-hybridized carbons (Fsp3) is 0.156. The number of rotatable bonds is 7. The number of carbonyl (C=O) groups is 1. The topological polar surface area (TPSA) is 29.1 Å². The predicted molar refractivity (Wildman–Crippen MR) is 148 cm³/mol. The number of aryl methyl sites for hydroxylation is 1. The molecule has 0 spiro atoms. The van der Waals surface area contributed by atoms with Gasteiger partial charge in [-0.25, -0.2) is 0 Å². The van der Waals surface area contributed by atoms with Crippen molar-refractivity contribution in [3.05, 3.63) is 138 Å². The molecule has 0 saturated carbocycles. The number of amides is 1. The van der Waals surface area contributed by atoms with Crippen molar-refractivity contribution in [2.45, 2.75) is 32.0 Å². The van der Waals surface area contributed by atoms with Gasteiger partial charge in [0.05, 0.1) is 6.04 Å². The maximum absolute atomic E-state index is 13.1. The first-order valence-electron chi connectivity index (χ1n) is 12.1. The van der Waals surface area contributed by atoms with Crippen LogP contribution in [-0.4, -0.2) is 14.0 Å². The van der Waals surface area contributed by atoms with Gasteiger partial charge in [-0.1, -0.05) is 127 Å². The van der Waals surface area contributed by atoms with Crippen LogP contribution in [0.1, 0.15) is 28.3 Å². The minimum atomic E-state index is -2.26. The van der Waals surface area contributed by atoms with Crippen molar-refractivity contribution in [1.82, 2.24) is 5.32 Å². The van der Waals surface area contributed by atoms with E-state index in [1.165, 1.54) is 21.9 Å². The monoisotopic (exact) mass is 473 g/mol. The van der Waals surface area contributed by atoms with E-state index < -0.39 is 8.07 Å². The number of benzene rings is 4. The van der Waals surface area contributed by atoms with Gasteiger partial charge in [0.25, 0.3) is 5.91 Å². The lowest BCUT2D eigenvalue weighted by Gasteiger charge is -2.22. The van der Waals surface area contributed by atoms with Gasteiger partial charge in [0.2, 0.25) is 0 Å². The summed E-state index contributed by atoms with van der Waals surface area (Å²) in [6, 6.07) is 40.2. The summed E-state index contributed by atoms with van der Waals surface area (Å²) in [6.07, 6.45) is 0.717. The number of carbonyl (C=O) groups excluding carboxylic acids is 1. The summed E-state index contributed by atoms with van der Waals surface area (Å²) in [4.78, 5) is 13.1. The second-order valence-corrected chi connectivity index (χ2v) is 13.1. The maximum Gasteiger partial charge on any atom is 0.295 e. The summed E-state index contributed by atoms with van der Waals surface area (Å²) in [6.45, 7) is 4.33. The Balaban J connectivity index is 1.58. The van der Waals surface area contributed by atoms with Crippen molar-refractivity contribution in [3.63, 3.8) is 0 Å². The highest BCUT2D eigenvalue weighted by Crippen LogP contribution is 2.19. The lowest BCUT2D eigenvalue weighted by Crippen LogP contribution is -2.46. The average molecular weight is 474 g/mol. The average Bonchev–Trinajstić information content (AvgIpc) is 2.90. The van der Waals surface area contributed by atoms with Crippen LogP contribution >= 0.6 is 0 Å². The van der Waals surface area contributed by atoms with E-state index in [0.29, 0.717) is 0 Å². The molecule has 0 bridgehead atoms.